The molecule has 1 saturated heterocycles. The van der Waals surface area contributed by atoms with Gasteiger partial charge in [-0.15, -0.1) is 0 Å². The first kappa shape index (κ1) is 23.8. The fourth-order valence-corrected chi connectivity index (χ4v) is 3.74. The van der Waals surface area contributed by atoms with Crippen LogP contribution < -0.4 is 9.64 Å². The number of rotatable bonds is 7. The van der Waals surface area contributed by atoms with Gasteiger partial charge in [-0.05, 0) is 45.2 Å². The van der Waals surface area contributed by atoms with Crippen molar-refractivity contribution in [1.82, 2.24) is 9.97 Å². The number of nitrogens with zero attached hydrogens (tertiary/aromatic N) is 3. The van der Waals surface area contributed by atoms with Crippen molar-refractivity contribution in [3.05, 3.63) is 47.4 Å². The minimum Gasteiger partial charge on any atom is -0.497 e. The van der Waals surface area contributed by atoms with E-state index in [1.165, 1.54) is 18.1 Å². The number of amides is 1. The fraction of sp³-hybridized carbons (Fsp3) is 0.522. The molecule has 0 N–H and O–H groups in total. The number of carbonyl (C=O) groups excluding carboxylic acids is 1. The fourth-order valence-electron chi connectivity index (χ4n) is 3.74. The largest absolute Gasteiger partial charge is 0.497 e. The summed E-state index contributed by atoms with van der Waals surface area (Å²) in [6.07, 6.45) is 0.147. The molecular formula is C23H29F2N3O4. The zero-order valence-electron chi connectivity index (χ0n) is 19.2. The highest BCUT2D eigenvalue weighted by atomic mass is 19.1. The van der Waals surface area contributed by atoms with Gasteiger partial charge in [0.1, 0.15) is 30.0 Å². The molecule has 2 aromatic rings. The average molecular weight is 449 g/mol. The van der Waals surface area contributed by atoms with Crippen molar-refractivity contribution in [1.29, 1.82) is 0 Å². The van der Waals surface area contributed by atoms with Crippen LogP contribution in [0.3, 0.4) is 0 Å². The third kappa shape index (κ3) is 5.32. The predicted molar refractivity (Wildman–Crippen MR) is 115 cm³/mol. The Morgan fingerprint density at radius 3 is 2.59 bits per heavy atom. The van der Waals surface area contributed by atoms with Gasteiger partial charge < -0.3 is 14.2 Å². The molecule has 0 saturated carbocycles. The van der Waals surface area contributed by atoms with Gasteiger partial charge in [-0.25, -0.2) is 28.4 Å². The average Bonchev–Trinajstić information content (AvgIpc) is 3.09. The van der Waals surface area contributed by atoms with Crippen LogP contribution in [0.4, 0.5) is 19.4 Å². The van der Waals surface area contributed by atoms with E-state index < -0.39 is 35.5 Å². The number of hydrogen-bond acceptors (Lipinski definition) is 6. The number of anilines is 1. The molecule has 1 aromatic heterocycles. The Balaban J connectivity index is 1.85. The van der Waals surface area contributed by atoms with Crippen molar-refractivity contribution < 1.29 is 27.8 Å². The number of hydrogen-bond donors (Lipinski definition) is 0. The summed E-state index contributed by atoms with van der Waals surface area (Å²) in [6.45, 7) is 9.38. The molecule has 0 unspecified atom stereocenters. The van der Waals surface area contributed by atoms with Crippen LogP contribution >= 0.6 is 0 Å². The number of cyclic esters (lactones) is 1. The van der Waals surface area contributed by atoms with Crippen LogP contribution in [-0.4, -0.2) is 47.5 Å². The lowest BCUT2D eigenvalue weighted by molar-refractivity contribution is -0.0618. The lowest BCUT2D eigenvalue weighted by atomic mass is 9.96. The van der Waals surface area contributed by atoms with E-state index in [2.05, 4.69) is 9.97 Å². The minimum atomic E-state index is -0.746. The van der Waals surface area contributed by atoms with Crippen molar-refractivity contribution in [3.8, 4) is 5.75 Å². The summed E-state index contributed by atoms with van der Waals surface area (Å²) in [6, 6.07) is 4.08. The Morgan fingerprint density at radius 2 is 1.97 bits per heavy atom. The maximum Gasteiger partial charge on any atom is 0.416 e. The van der Waals surface area contributed by atoms with E-state index in [0.29, 0.717) is 11.3 Å². The Bertz CT molecular complexity index is 980. The Labute approximate surface area is 186 Å². The van der Waals surface area contributed by atoms with Gasteiger partial charge in [0.2, 0.25) is 0 Å². The molecule has 1 fully saturated rings. The summed E-state index contributed by atoms with van der Waals surface area (Å²) >= 11 is 0. The van der Waals surface area contributed by atoms with Crippen molar-refractivity contribution >= 4 is 11.9 Å². The van der Waals surface area contributed by atoms with Gasteiger partial charge in [-0.3, -0.25) is 0 Å². The Kier molecular flexibility index (Phi) is 6.97. The second-order valence-corrected chi connectivity index (χ2v) is 8.90. The third-order valence-corrected chi connectivity index (χ3v) is 5.22. The van der Waals surface area contributed by atoms with Gasteiger partial charge in [0.15, 0.2) is 11.6 Å². The maximum atomic E-state index is 14.7. The normalized spacial score (nSPS) is 18.4. The maximum absolute atomic E-state index is 14.7. The van der Waals surface area contributed by atoms with Crippen molar-refractivity contribution in [3.63, 3.8) is 0 Å². The van der Waals surface area contributed by atoms with Crippen molar-refractivity contribution in [2.45, 2.75) is 64.7 Å². The van der Waals surface area contributed by atoms with Crippen LogP contribution in [0, 0.1) is 11.6 Å². The molecule has 2 heterocycles. The number of halogens is 2. The van der Waals surface area contributed by atoms with Crippen LogP contribution in [0.15, 0.2) is 24.4 Å². The molecule has 1 aliphatic rings. The molecule has 1 aliphatic heterocycles. The highest BCUT2D eigenvalue weighted by Crippen LogP contribution is 2.30. The SMILES string of the molecule is COc1ccc([C@H](C)Cc2ncc(F)c(N3C(=O)OC[C@@H]3[C@@H](C)OC(C)(C)C)n2)c(F)c1. The molecular weight excluding hydrogens is 420 g/mol. The van der Waals surface area contributed by atoms with Crippen molar-refractivity contribution in [2.24, 2.45) is 0 Å². The lowest BCUT2D eigenvalue weighted by Gasteiger charge is -2.31. The monoisotopic (exact) mass is 449 g/mol. The van der Waals surface area contributed by atoms with E-state index in [1.54, 1.807) is 19.1 Å². The molecule has 3 rings (SSSR count). The third-order valence-electron chi connectivity index (χ3n) is 5.22. The predicted octanol–water partition coefficient (Wildman–Crippen LogP) is 4.64. The van der Waals surface area contributed by atoms with E-state index in [-0.39, 0.29) is 30.6 Å². The second kappa shape index (κ2) is 9.36. The quantitative estimate of drug-likeness (QED) is 0.613. The number of carbonyl (C=O) groups is 1. The molecule has 9 heteroatoms. The number of benzene rings is 1. The van der Waals surface area contributed by atoms with Crippen LogP contribution in [0.5, 0.6) is 5.75 Å². The molecule has 0 spiro atoms. The second-order valence-electron chi connectivity index (χ2n) is 8.90. The molecule has 0 aliphatic carbocycles. The van der Waals surface area contributed by atoms with E-state index >= 15 is 0 Å². The molecule has 1 amide bonds. The van der Waals surface area contributed by atoms with Gasteiger partial charge in [-0.2, -0.15) is 0 Å². The molecule has 0 bridgehead atoms. The van der Waals surface area contributed by atoms with Gasteiger partial charge in [0.05, 0.1) is 25.0 Å². The van der Waals surface area contributed by atoms with E-state index in [9.17, 15) is 13.6 Å². The first-order valence-corrected chi connectivity index (χ1v) is 10.5. The molecule has 32 heavy (non-hydrogen) atoms. The number of aromatic nitrogens is 2. The highest BCUT2D eigenvalue weighted by Gasteiger charge is 2.41. The smallest absolute Gasteiger partial charge is 0.416 e. The topological polar surface area (TPSA) is 73.8 Å². The standard InChI is InChI=1S/C23H29F2N3O4/c1-13(16-8-7-15(30-6)10-17(16)24)9-20-26-11-18(25)21(27-20)28-19(12-31-22(28)29)14(2)32-23(3,4)5/h7-8,10-11,13-14,19H,9,12H2,1-6H3/t13-,14-,19-/m1/s1. The summed E-state index contributed by atoms with van der Waals surface area (Å²) in [5.74, 6) is -0.909. The molecule has 1 aromatic carbocycles. The molecule has 3 atom stereocenters. The first-order chi connectivity index (χ1) is 15.0. The zero-order chi connectivity index (χ0) is 23.6. The van der Waals surface area contributed by atoms with Crippen molar-refractivity contribution in [2.75, 3.05) is 18.6 Å². The van der Waals surface area contributed by atoms with Crippen LogP contribution in [-0.2, 0) is 15.9 Å². The molecule has 0 radical (unpaired) electrons. The van der Waals surface area contributed by atoms with Crippen LogP contribution in [0.1, 0.15) is 51.9 Å². The van der Waals surface area contributed by atoms with E-state index in [0.717, 1.165) is 6.20 Å². The zero-order valence-corrected chi connectivity index (χ0v) is 19.2. The van der Waals surface area contributed by atoms with Gasteiger partial charge in [-0.1, -0.05) is 13.0 Å². The number of methoxy groups -OCH3 is 1. The first-order valence-electron chi connectivity index (χ1n) is 10.5. The summed E-state index contributed by atoms with van der Waals surface area (Å²) in [7, 11) is 1.47. The van der Waals surface area contributed by atoms with E-state index in [1.807, 2.05) is 27.7 Å². The summed E-state index contributed by atoms with van der Waals surface area (Å²) in [5.41, 5.74) is 0.00943. The molecule has 174 valence electrons. The van der Waals surface area contributed by atoms with Gasteiger partial charge >= 0.3 is 6.09 Å². The minimum absolute atomic E-state index is 0.0579. The molecule has 7 nitrogen and oxygen atoms in total. The summed E-state index contributed by atoms with van der Waals surface area (Å²) in [5, 5.41) is 0. The van der Waals surface area contributed by atoms with Crippen LogP contribution in [0.25, 0.3) is 0 Å². The number of ether oxygens (including phenoxy) is 3. The Hall–Kier alpha value is -2.81. The van der Waals surface area contributed by atoms with Gasteiger partial charge in [0.25, 0.3) is 0 Å². The van der Waals surface area contributed by atoms with Crippen LogP contribution in [0.2, 0.25) is 0 Å². The van der Waals surface area contributed by atoms with E-state index in [4.69, 9.17) is 14.2 Å². The lowest BCUT2D eigenvalue weighted by Crippen LogP contribution is -2.45. The van der Waals surface area contributed by atoms with Gasteiger partial charge in [0, 0.05) is 12.5 Å². The highest BCUT2D eigenvalue weighted by molar-refractivity contribution is 5.89. The summed E-state index contributed by atoms with van der Waals surface area (Å²) < 4.78 is 45.3. The Morgan fingerprint density at radius 1 is 1.25 bits per heavy atom. The summed E-state index contributed by atoms with van der Waals surface area (Å²) in [4.78, 5) is 22.0.